The first kappa shape index (κ1) is 19.9. The molecule has 1 unspecified atom stereocenters. The van der Waals surface area contributed by atoms with Crippen LogP contribution < -0.4 is 5.32 Å². The molecule has 1 aromatic carbocycles. The largest absolute Gasteiger partial charge is 0.321 e. The summed E-state index contributed by atoms with van der Waals surface area (Å²) in [5.74, 6) is -0.161. The molecule has 0 aliphatic rings. The molecule has 0 saturated heterocycles. The molecule has 0 saturated carbocycles. The highest BCUT2D eigenvalue weighted by atomic mass is 79.9. The molecule has 1 N–H and O–H groups in total. The maximum atomic E-state index is 12.6. The SMILES string of the molecule is Cc1nn(Cc2ccc(Cl)c(Cl)c2)c(C)c1NC(=O)C(C)n1cc(Br)cn1. The van der Waals surface area contributed by atoms with Crippen molar-refractivity contribution in [2.75, 3.05) is 5.32 Å². The van der Waals surface area contributed by atoms with Crippen molar-refractivity contribution >= 4 is 50.7 Å². The summed E-state index contributed by atoms with van der Waals surface area (Å²) >= 11 is 15.4. The number of hydrogen-bond donors (Lipinski definition) is 1. The van der Waals surface area contributed by atoms with Gasteiger partial charge in [0.25, 0.3) is 0 Å². The summed E-state index contributed by atoms with van der Waals surface area (Å²) in [6, 6.07) is 5.03. The second-order valence-corrected chi connectivity index (χ2v) is 7.99. The lowest BCUT2D eigenvalue weighted by molar-refractivity contribution is -0.119. The van der Waals surface area contributed by atoms with Crippen molar-refractivity contribution in [3.8, 4) is 0 Å². The van der Waals surface area contributed by atoms with Gasteiger partial charge in [0, 0.05) is 6.20 Å². The minimum absolute atomic E-state index is 0.161. The van der Waals surface area contributed by atoms with E-state index in [1.165, 1.54) is 0 Å². The molecule has 0 bridgehead atoms. The van der Waals surface area contributed by atoms with Gasteiger partial charge in [-0.1, -0.05) is 29.3 Å². The van der Waals surface area contributed by atoms with Gasteiger partial charge in [-0.25, -0.2) is 0 Å². The number of benzene rings is 1. The first-order valence-corrected chi connectivity index (χ1v) is 9.79. The Kier molecular flexibility index (Phi) is 5.93. The molecule has 9 heteroatoms. The van der Waals surface area contributed by atoms with E-state index >= 15 is 0 Å². The summed E-state index contributed by atoms with van der Waals surface area (Å²) in [5.41, 5.74) is 3.29. The van der Waals surface area contributed by atoms with Gasteiger partial charge in [0.2, 0.25) is 5.91 Å². The number of halogens is 3. The van der Waals surface area contributed by atoms with Crippen LogP contribution in [0.4, 0.5) is 5.69 Å². The van der Waals surface area contributed by atoms with Crippen LogP contribution in [0, 0.1) is 13.8 Å². The number of hydrogen-bond acceptors (Lipinski definition) is 3. The zero-order chi connectivity index (χ0) is 19.7. The fraction of sp³-hybridized carbons (Fsp3) is 0.278. The van der Waals surface area contributed by atoms with Crippen molar-refractivity contribution in [2.45, 2.75) is 33.4 Å². The number of aryl methyl sites for hydroxylation is 1. The molecule has 0 aliphatic carbocycles. The second kappa shape index (κ2) is 8.04. The van der Waals surface area contributed by atoms with Crippen molar-refractivity contribution in [1.29, 1.82) is 0 Å². The Balaban J connectivity index is 1.78. The summed E-state index contributed by atoms with van der Waals surface area (Å²) in [6.45, 7) is 6.10. The van der Waals surface area contributed by atoms with E-state index in [0.717, 1.165) is 21.4 Å². The van der Waals surface area contributed by atoms with Crippen LogP contribution in [0.3, 0.4) is 0 Å². The second-order valence-electron chi connectivity index (χ2n) is 6.26. The lowest BCUT2D eigenvalue weighted by atomic mass is 10.2. The Hall–Kier alpha value is -1.83. The van der Waals surface area contributed by atoms with Crippen LogP contribution in [0.1, 0.15) is 29.9 Å². The lowest BCUT2D eigenvalue weighted by Crippen LogP contribution is -2.24. The van der Waals surface area contributed by atoms with Crippen LogP contribution in [-0.2, 0) is 11.3 Å². The molecule has 6 nitrogen and oxygen atoms in total. The average Bonchev–Trinajstić information content (AvgIpc) is 3.16. The number of nitrogens with one attached hydrogen (secondary N) is 1. The standard InChI is InChI=1S/C18H18BrCl2N5O/c1-10-17(23-18(27)12(3)25-9-14(19)7-22-25)11(2)26(24-10)8-13-4-5-15(20)16(21)6-13/h4-7,9,12H,8H2,1-3H3,(H,23,27). The van der Waals surface area contributed by atoms with Gasteiger partial charge in [0.1, 0.15) is 6.04 Å². The van der Waals surface area contributed by atoms with E-state index in [1.807, 2.05) is 30.7 Å². The third kappa shape index (κ3) is 4.36. The summed E-state index contributed by atoms with van der Waals surface area (Å²) in [6.07, 6.45) is 3.41. The predicted octanol–water partition coefficient (Wildman–Crippen LogP) is 5.01. The van der Waals surface area contributed by atoms with Crippen molar-refractivity contribution in [3.63, 3.8) is 0 Å². The summed E-state index contributed by atoms with van der Waals surface area (Å²) in [5, 5.41) is 12.7. The molecule has 0 radical (unpaired) electrons. The summed E-state index contributed by atoms with van der Waals surface area (Å²) < 4.78 is 4.26. The van der Waals surface area contributed by atoms with E-state index in [2.05, 4.69) is 31.4 Å². The highest BCUT2D eigenvalue weighted by Crippen LogP contribution is 2.25. The van der Waals surface area contributed by atoms with E-state index in [0.29, 0.717) is 22.3 Å². The van der Waals surface area contributed by atoms with E-state index in [1.54, 1.807) is 30.1 Å². The number of amides is 1. The Labute approximate surface area is 175 Å². The Morgan fingerprint density at radius 2 is 2.04 bits per heavy atom. The van der Waals surface area contributed by atoms with Crippen LogP contribution in [0.15, 0.2) is 35.1 Å². The van der Waals surface area contributed by atoms with Gasteiger partial charge in [-0.3, -0.25) is 14.2 Å². The van der Waals surface area contributed by atoms with Crippen LogP contribution in [0.5, 0.6) is 0 Å². The van der Waals surface area contributed by atoms with Crippen molar-refractivity contribution in [3.05, 3.63) is 62.1 Å². The fourth-order valence-electron chi connectivity index (χ4n) is 2.72. The minimum Gasteiger partial charge on any atom is -0.321 e. The van der Waals surface area contributed by atoms with Gasteiger partial charge in [-0.2, -0.15) is 10.2 Å². The van der Waals surface area contributed by atoms with Crippen LogP contribution in [0.25, 0.3) is 0 Å². The highest BCUT2D eigenvalue weighted by Gasteiger charge is 2.20. The first-order chi connectivity index (χ1) is 12.8. The van der Waals surface area contributed by atoms with E-state index in [4.69, 9.17) is 23.2 Å². The van der Waals surface area contributed by atoms with Gasteiger partial charge in [0.15, 0.2) is 0 Å². The number of aromatic nitrogens is 4. The molecular weight excluding hydrogens is 453 g/mol. The minimum atomic E-state index is -0.450. The molecule has 142 valence electrons. The monoisotopic (exact) mass is 469 g/mol. The third-order valence-electron chi connectivity index (χ3n) is 4.29. The average molecular weight is 471 g/mol. The van der Waals surface area contributed by atoms with Crippen molar-refractivity contribution in [1.82, 2.24) is 19.6 Å². The lowest BCUT2D eigenvalue weighted by Gasteiger charge is -2.13. The molecular formula is C18H18BrCl2N5O. The molecule has 2 heterocycles. The third-order valence-corrected chi connectivity index (χ3v) is 5.44. The number of carbonyl (C=O) groups is 1. The van der Waals surface area contributed by atoms with Gasteiger partial charge >= 0.3 is 0 Å². The highest BCUT2D eigenvalue weighted by molar-refractivity contribution is 9.10. The Morgan fingerprint density at radius 3 is 2.67 bits per heavy atom. The van der Waals surface area contributed by atoms with E-state index < -0.39 is 6.04 Å². The fourth-order valence-corrected chi connectivity index (χ4v) is 3.34. The predicted molar refractivity (Wildman–Crippen MR) is 111 cm³/mol. The summed E-state index contributed by atoms with van der Waals surface area (Å²) in [7, 11) is 0. The molecule has 0 fully saturated rings. The Morgan fingerprint density at radius 1 is 1.30 bits per heavy atom. The van der Waals surface area contributed by atoms with Crippen molar-refractivity contribution in [2.24, 2.45) is 0 Å². The van der Waals surface area contributed by atoms with Gasteiger partial charge < -0.3 is 5.32 Å². The number of nitrogens with zero attached hydrogens (tertiary/aromatic N) is 4. The Bertz CT molecular complexity index is 998. The van der Waals surface area contributed by atoms with Gasteiger partial charge in [-0.05, 0) is 54.4 Å². The normalized spacial score (nSPS) is 12.2. The first-order valence-electron chi connectivity index (χ1n) is 8.24. The molecule has 2 aromatic heterocycles. The van der Waals surface area contributed by atoms with Crippen LogP contribution >= 0.6 is 39.1 Å². The molecule has 1 atom stereocenters. The topological polar surface area (TPSA) is 64.7 Å². The molecule has 0 aliphatic heterocycles. The number of carbonyl (C=O) groups excluding carboxylic acids is 1. The van der Waals surface area contributed by atoms with E-state index in [9.17, 15) is 4.79 Å². The molecule has 0 spiro atoms. The van der Waals surface area contributed by atoms with Crippen LogP contribution in [0.2, 0.25) is 10.0 Å². The zero-order valence-corrected chi connectivity index (χ0v) is 18.1. The number of anilines is 1. The quantitative estimate of drug-likeness (QED) is 0.569. The maximum absolute atomic E-state index is 12.6. The van der Waals surface area contributed by atoms with E-state index in [-0.39, 0.29) is 5.91 Å². The molecule has 3 rings (SSSR count). The number of rotatable bonds is 5. The maximum Gasteiger partial charge on any atom is 0.249 e. The van der Waals surface area contributed by atoms with Gasteiger partial charge in [0.05, 0.1) is 44.3 Å². The van der Waals surface area contributed by atoms with Crippen molar-refractivity contribution < 1.29 is 4.79 Å². The molecule has 1 amide bonds. The smallest absolute Gasteiger partial charge is 0.249 e. The van der Waals surface area contributed by atoms with Gasteiger partial charge in [-0.15, -0.1) is 0 Å². The molecule has 3 aromatic rings. The zero-order valence-electron chi connectivity index (χ0n) is 15.0. The molecule has 27 heavy (non-hydrogen) atoms. The van der Waals surface area contributed by atoms with Crippen LogP contribution in [-0.4, -0.2) is 25.5 Å². The summed E-state index contributed by atoms with van der Waals surface area (Å²) in [4.78, 5) is 12.6.